The lowest BCUT2D eigenvalue weighted by Gasteiger charge is -2.30. The van der Waals surface area contributed by atoms with Gasteiger partial charge in [-0.15, -0.1) is 0 Å². The fourth-order valence-electron chi connectivity index (χ4n) is 4.53. The number of ketones is 1. The Labute approximate surface area is 173 Å². The number of carbonyl (C=O) groups is 3. The van der Waals surface area contributed by atoms with Gasteiger partial charge in [0.2, 0.25) is 5.91 Å². The normalized spacial score (nSPS) is 27.3. The van der Waals surface area contributed by atoms with Gasteiger partial charge in [-0.05, 0) is 18.8 Å². The largest absolute Gasteiger partial charge is 0.378 e. The predicted molar refractivity (Wildman–Crippen MR) is 107 cm³/mol. The van der Waals surface area contributed by atoms with Crippen LogP contribution in [0.1, 0.15) is 58.3 Å². The van der Waals surface area contributed by atoms with E-state index in [1.807, 2.05) is 6.92 Å². The number of urea groups is 1. The Hall–Kier alpha value is -1.67. The molecule has 8 nitrogen and oxygen atoms in total. The minimum absolute atomic E-state index is 0.0386. The summed E-state index contributed by atoms with van der Waals surface area (Å²) in [5, 5.41) is 5.81. The molecule has 0 bridgehead atoms. The molecule has 3 aliphatic rings. The van der Waals surface area contributed by atoms with Crippen LogP contribution in [0.4, 0.5) is 4.79 Å². The Bertz CT molecular complexity index is 571. The number of nitrogens with one attached hydrogen (secondary N) is 2. The molecule has 2 aliphatic heterocycles. The van der Waals surface area contributed by atoms with E-state index in [1.54, 1.807) is 4.90 Å². The van der Waals surface area contributed by atoms with Crippen LogP contribution >= 0.6 is 0 Å². The van der Waals surface area contributed by atoms with Gasteiger partial charge in [0, 0.05) is 13.1 Å². The van der Waals surface area contributed by atoms with E-state index in [0.29, 0.717) is 45.1 Å². The highest BCUT2D eigenvalue weighted by atomic mass is 16.5. The van der Waals surface area contributed by atoms with Crippen LogP contribution < -0.4 is 10.6 Å². The van der Waals surface area contributed by atoms with Crippen LogP contribution in [0.3, 0.4) is 0 Å². The third kappa shape index (κ3) is 6.15. The molecule has 1 saturated carbocycles. The monoisotopic (exact) mass is 409 g/mol. The number of amides is 3. The summed E-state index contributed by atoms with van der Waals surface area (Å²) in [6.07, 6.45) is 7.96. The average molecular weight is 410 g/mol. The smallest absolute Gasteiger partial charge is 0.318 e. The van der Waals surface area contributed by atoms with E-state index in [-0.39, 0.29) is 30.4 Å². The van der Waals surface area contributed by atoms with Gasteiger partial charge in [0.15, 0.2) is 5.78 Å². The number of rotatable bonds is 6. The van der Waals surface area contributed by atoms with Crippen molar-refractivity contribution in [2.24, 2.45) is 5.92 Å². The Morgan fingerprint density at radius 1 is 1.14 bits per heavy atom. The fourth-order valence-corrected chi connectivity index (χ4v) is 4.53. The first-order valence-electron chi connectivity index (χ1n) is 11.2. The van der Waals surface area contributed by atoms with Gasteiger partial charge in [0.1, 0.15) is 18.7 Å². The van der Waals surface area contributed by atoms with Gasteiger partial charge in [-0.2, -0.15) is 0 Å². The molecule has 0 aromatic carbocycles. The molecule has 0 aromatic heterocycles. The number of carbonyl (C=O) groups excluding carboxylic acids is 3. The number of Topliss-reactive ketones (excluding diaryl/α,β-unsaturated/α-hetero) is 1. The van der Waals surface area contributed by atoms with Crippen molar-refractivity contribution in [2.45, 2.75) is 76.5 Å². The number of morpholine rings is 1. The highest BCUT2D eigenvalue weighted by Gasteiger charge is 2.38. The molecule has 3 amide bonds. The molecule has 0 aromatic rings. The molecule has 29 heavy (non-hydrogen) atoms. The number of hydrogen-bond acceptors (Lipinski definition) is 5. The molecule has 3 fully saturated rings. The maximum Gasteiger partial charge on any atom is 0.318 e. The van der Waals surface area contributed by atoms with E-state index < -0.39 is 12.1 Å². The molecule has 3 atom stereocenters. The number of hydrogen-bond donors (Lipinski definition) is 2. The van der Waals surface area contributed by atoms with E-state index in [0.717, 1.165) is 12.8 Å². The molecule has 0 spiro atoms. The zero-order valence-corrected chi connectivity index (χ0v) is 17.5. The van der Waals surface area contributed by atoms with Crippen molar-refractivity contribution in [3.05, 3.63) is 0 Å². The maximum absolute atomic E-state index is 13.1. The van der Waals surface area contributed by atoms with Crippen molar-refractivity contribution in [1.29, 1.82) is 0 Å². The first-order chi connectivity index (χ1) is 14.1. The van der Waals surface area contributed by atoms with Crippen LogP contribution in [0.15, 0.2) is 0 Å². The highest BCUT2D eigenvalue weighted by molar-refractivity contribution is 5.94. The van der Waals surface area contributed by atoms with Gasteiger partial charge < -0.3 is 25.0 Å². The second-order valence-corrected chi connectivity index (χ2v) is 8.41. The molecular formula is C21H35N3O5. The van der Waals surface area contributed by atoms with Crippen LogP contribution in [-0.2, 0) is 19.1 Å². The summed E-state index contributed by atoms with van der Waals surface area (Å²) in [7, 11) is 0. The summed E-state index contributed by atoms with van der Waals surface area (Å²) >= 11 is 0. The zero-order valence-electron chi connectivity index (χ0n) is 17.5. The van der Waals surface area contributed by atoms with Crippen molar-refractivity contribution in [3.63, 3.8) is 0 Å². The molecular weight excluding hydrogens is 374 g/mol. The minimum Gasteiger partial charge on any atom is -0.378 e. The minimum atomic E-state index is -0.639. The second-order valence-electron chi connectivity index (χ2n) is 8.41. The lowest BCUT2D eigenvalue weighted by Crippen LogP contribution is -2.56. The van der Waals surface area contributed by atoms with Crippen LogP contribution in [0, 0.1) is 5.92 Å². The van der Waals surface area contributed by atoms with Crippen molar-refractivity contribution in [2.75, 3.05) is 32.9 Å². The number of ether oxygens (including phenoxy) is 2. The van der Waals surface area contributed by atoms with E-state index in [9.17, 15) is 14.4 Å². The first-order valence-corrected chi connectivity index (χ1v) is 11.2. The molecule has 0 unspecified atom stereocenters. The average Bonchev–Trinajstić information content (AvgIpc) is 2.92. The summed E-state index contributed by atoms with van der Waals surface area (Å²) in [5.74, 6) is 0.0341. The van der Waals surface area contributed by atoms with Gasteiger partial charge in [0.25, 0.3) is 0 Å². The van der Waals surface area contributed by atoms with E-state index in [2.05, 4.69) is 10.6 Å². The molecule has 2 saturated heterocycles. The van der Waals surface area contributed by atoms with Crippen molar-refractivity contribution in [3.8, 4) is 0 Å². The van der Waals surface area contributed by atoms with E-state index in [4.69, 9.17) is 9.47 Å². The summed E-state index contributed by atoms with van der Waals surface area (Å²) in [6, 6.07) is -1.49. The van der Waals surface area contributed by atoms with Crippen LogP contribution in [0.2, 0.25) is 0 Å². The standard InChI is InChI=1S/C21H35N3O5/c1-2-18-19(17(25)14-29-18)23-20(26)16(13-15-7-5-3-4-6-8-15)22-21(27)24-9-11-28-12-10-24/h15-16,18-19H,2-14H2,1H3,(H,22,27)(H,23,26)/t16-,18-,19+/m0/s1. The number of nitrogens with zero attached hydrogens (tertiary/aromatic N) is 1. The van der Waals surface area contributed by atoms with Gasteiger partial charge >= 0.3 is 6.03 Å². The Morgan fingerprint density at radius 2 is 1.83 bits per heavy atom. The lowest BCUT2D eigenvalue weighted by molar-refractivity contribution is -0.128. The Morgan fingerprint density at radius 3 is 2.48 bits per heavy atom. The van der Waals surface area contributed by atoms with Crippen molar-refractivity contribution in [1.82, 2.24) is 15.5 Å². The predicted octanol–water partition coefficient (Wildman–Crippen LogP) is 1.62. The topological polar surface area (TPSA) is 97.0 Å². The van der Waals surface area contributed by atoms with Gasteiger partial charge in [-0.1, -0.05) is 45.4 Å². The second kappa shape index (κ2) is 10.9. The molecule has 2 heterocycles. The van der Waals surface area contributed by atoms with Crippen molar-refractivity contribution >= 4 is 17.7 Å². The van der Waals surface area contributed by atoms with Crippen LogP contribution in [-0.4, -0.2) is 73.7 Å². The molecule has 164 valence electrons. The molecule has 1 aliphatic carbocycles. The first kappa shape index (κ1) is 22.0. The highest BCUT2D eigenvalue weighted by Crippen LogP contribution is 2.27. The van der Waals surface area contributed by atoms with Crippen molar-refractivity contribution < 1.29 is 23.9 Å². The Kier molecular flexibility index (Phi) is 8.29. The molecule has 8 heteroatoms. The quantitative estimate of drug-likeness (QED) is 0.650. The third-order valence-corrected chi connectivity index (χ3v) is 6.31. The Balaban J connectivity index is 1.65. The lowest BCUT2D eigenvalue weighted by atomic mass is 9.92. The summed E-state index contributed by atoms with van der Waals surface area (Å²) in [4.78, 5) is 39.7. The van der Waals surface area contributed by atoms with E-state index in [1.165, 1.54) is 25.7 Å². The summed E-state index contributed by atoms with van der Waals surface area (Å²) in [6.45, 7) is 4.05. The van der Waals surface area contributed by atoms with Gasteiger partial charge in [0.05, 0.1) is 19.3 Å². The van der Waals surface area contributed by atoms with Gasteiger partial charge in [-0.25, -0.2) is 4.79 Å². The zero-order chi connectivity index (χ0) is 20.6. The SMILES string of the molecule is CC[C@@H]1OCC(=O)[C@H]1NC(=O)[C@H](CC1CCCCCC1)NC(=O)N1CCOCC1. The summed E-state index contributed by atoms with van der Waals surface area (Å²) in [5.41, 5.74) is 0. The van der Waals surface area contributed by atoms with E-state index >= 15 is 0 Å². The maximum atomic E-state index is 13.1. The molecule has 2 N–H and O–H groups in total. The van der Waals surface area contributed by atoms with Crippen LogP contribution in [0.25, 0.3) is 0 Å². The molecule has 3 rings (SSSR count). The third-order valence-electron chi connectivity index (χ3n) is 6.31. The fraction of sp³-hybridized carbons (Fsp3) is 0.857. The molecule has 0 radical (unpaired) electrons. The van der Waals surface area contributed by atoms with Crippen LogP contribution in [0.5, 0.6) is 0 Å². The van der Waals surface area contributed by atoms with Gasteiger partial charge in [-0.3, -0.25) is 9.59 Å². The summed E-state index contributed by atoms with van der Waals surface area (Å²) < 4.78 is 10.8.